The van der Waals surface area contributed by atoms with Crippen LogP contribution in [0.4, 0.5) is 4.39 Å². The van der Waals surface area contributed by atoms with E-state index in [1.165, 1.54) is 30.5 Å². The van der Waals surface area contributed by atoms with Gasteiger partial charge in [-0.15, -0.1) is 0 Å². The largest absolute Gasteiger partial charge is 0.494 e. The third kappa shape index (κ3) is 6.56. The van der Waals surface area contributed by atoms with Gasteiger partial charge in [-0.2, -0.15) is 0 Å². The molecule has 1 heterocycles. The number of halogens is 1. The Morgan fingerprint density at radius 3 is 2.10 bits per heavy atom. The van der Waals surface area contributed by atoms with Crippen LogP contribution in [-0.2, 0) is 0 Å². The van der Waals surface area contributed by atoms with Crippen molar-refractivity contribution >= 4 is 0 Å². The average Bonchev–Trinajstić information content (AvgIpc) is 2.82. The molecule has 0 bridgehead atoms. The Morgan fingerprint density at radius 2 is 1.39 bits per heavy atom. The number of piperidine rings is 1. The summed E-state index contributed by atoms with van der Waals surface area (Å²) in [6.45, 7) is 4.08. The van der Waals surface area contributed by atoms with Crippen LogP contribution in [-0.4, -0.2) is 31.1 Å². The van der Waals surface area contributed by atoms with Gasteiger partial charge >= 0.3 is 0 Å². The zero-order chi connectivity index (χ0) is 21.3. The highest BCUT2D eigenvalue weighted by molar-refractivity contribution is 5.34. The Balaban J connectivity index is 1.14. The normalized spacial score (nSPS) is 15.0. The fraction of sp³-hybridized carbons (Fsp3) is 0.333. The molecular weight excluding hydrogens is 389 g/mol. The van der Waals surface area contributed by atoms with Crippen LogP contribution in [0.2, 0.25) is 0 Å². The minimum absolute atomic E-state index is 0.229. The molecule has 1 fully saturated rings. The van der Waals surface area contributed by atoms with Gasteiger partial charge in [-0.25, -0.2) is 4.39 Å². The van der Waals surface area contributed by atoms with Crippen molar-refractivity contribution in [2.75, 3.05) is 26.2 Å². The number of para-hydroxylation sites is 1. The minimum atomic E-state index is -0.229. The van der Waals surface area contributed by atoms with Gasteiger partial charge < -0.3 is 14.4 Å². The monoisotopic (exact) mass is 419 g/mol. The number of unbranched alkanes of at least 4 members (excludes halogenated alkanes) is 1. The molecular formula is C27H30FNO2. The van der Waals surface area contributed by atoms with E-state index in [4.69, 9.17) is 9.47 Å². The summed E-state index contributed by atoms with van der Waals surface area (Å²) >= 11 is 0. The van der Waals surface area contributed by atoms with Crippen LogP contribution in [0.25, 0.3) is 0 Å². The molecule has 162 valence electrons. The quantitative estimate of drug-likeness (QED) is 0.362. The fourth-order valence-corrected chi connectivity index (χ4v) is 4.08. The number of rotatable bonds is 9. The van der Waals surface area contributed by atoms with E-state index in [2.05, 4.69) is 29.2 Å². The van der Waals surface area contributed by atoms with Crippen molar-refractivity contribution in [1.29, 1.82) is 0 Å². The van der Waals surface area contributed by atoms with Crippen molar-refractivity contribution in [3.05, 3.63) is 90.2 Å². The molecule has 0 amide bonds. The van der Waals surface area contributed by atoms with Gasteiger partial charge in [-0.1, -0.05) is 30.3 Å². The van der Waals surface area contributed by atoms with Gasteiger partial charge in [0.25, 0.3) is 0 Å². The van der Waals surface area contributed by atoms with E-state index in [0.717, 1.165) is 49.7 Å². The Kier molecular flexibility index (Phi) is 7.56. The van der Waals surface area contributed by atoms with Gasteiger partial charge in [0, 0.05) is 0 Å². The Hall–Kier alpha value is -2.85. The van der Waals surface area contributed by atoms with Crippen molar-refractivity contribution in [1.82, 2.24) is 4.90 Å². The molecule has 0 spiro atoms. The van der Waals surface area contributed by atoms with Gasteiger partial charge in [-0.3, -0.25) is 0 Å². The predicted octanol–water partition coefficient (Wildman–Crippen LogP) is 6.66. The van der Waals surface area contributed by atoms with Crippen molar-refractivity contribution in [2.24, 2.45) is 0 Å². The molecule has 0 unspecified atom stereocenters. The topological polar surface area (TPSA) is 21.7 Å². The van der Waals surface area contributed by atoms with Gasteiger partial charge in [-0.05, 0) is 105 Å². The molecule has 3 nitrogen and oxygen atoms in total. The molecule has 3 aromatic carbocycles. The second-order valence-corrected chi connectivity index (χ2v) is 8.11. The molecule has 0 saturated carbocycles. The molecule has 4 heteroatoms. The van der Waals surface area contributed by atoms with Crippen LogP contribution >= 0.6 is 0 Å². The number of likely N-dealkylation sites (tertiary alicyclic amines) is 1. The zero-order valence-corrected chi connectivity index (χ0v) is 17.9. The lowest BCUT2D eigenvalue weighted by Gasteiger charge is -2.32. The first-order valence-corrected chi connectivity index (χ1v) is 11.2. The Morgan fingerprint density at radius 1 is 0.742 bits per heavy atom. The van der Waals surface area contributed by atoms with E-state index < -0.39 is 0 Å². The van der Waals surface area contributed by atoms with Crippen LogP contribution in [0.1, 0.15) is 37.2 Å². The van der Waals surface area contributed by atoms with Crippen molar-refractivity contribution in [3.63, 3.8) is 0 Å². The van der Waals surface area contributed by atoms with Gasteiger partial charge in [0.05, 0.1) is 6.61 Å². The zero-order valence-electron chi connectivity index (χ0n) is 17.9. The summed E-state index contributed by atoms with van der Waals surface area (Å²) in [5.41, 5.74) is 1.41. The maximum Gasteiger partial charge on any atom is 0.127 e. The summed E-state index contributed by atoms with van der Waals surface area (Å²) in [5.74, 6) is 2.89. The van der Waals surface area contributed by atoms with Crippen LogP contribution in [0.3, 0.4) is 0 Å². The van der Waals surface area contributed by atoms with E-state index in [0.29, 0.717) is 12.5 Å². The first-order chi connectivity index (χ1) is 15.3. The molecule has 3 aromatic rings. The summed E-state index contributed by atoms with van der Waals surface area (Å²) in [4.78, 5) is 2.56. The second kappa shape index (κ2) is 11.0. The van der Waals surface area contributed by atoms with Gasteiger partial charge in [0.15, 0.2) is 0 Å². The third-order valence-corrected chi connectivity index (χ3v) is 5.87. The molecule has 4 rings (SSSR count). The number of nitrogens with zero attached hydrogens (tertiary/aromatic N) is 1. The number of benzene rings is 3. The highest BCUT2D eigenvalue weighted by atomic mass is 19.1. The first-order valence-electron chi connectivity index (χ1n) is 11.2. The minimum Gasteiger partial charge on any atom is -0.494 e. The fourth-order valence-electron chi connectivity index (χ4n) is 4.08. The molecule has 1 saturated heterocycles. The third-order valence-electron chi connectivity index (χ3n) is 5.87. The Bertz CT molecular complexity index is 904. The summed E-state index contributed by atoms with van der Waals surface area (Å²) in [5, 5.41) is 0. The first kappa shape index (κ1) is 21.4. The molecule has 0 aliphatic carbocycles. The van der Waals surface area contributed by atoms with Gasteiger partial charge in [0.2, 0.25) is 0 Å². The lowest BCUT2D eigenvalue weighted by molar-refractivity contribution is 0.202. The van der Waals surface area contributed by atoms with E-state index >= 15 is 0 Å². The van der Waals surface area contributed by atoms with Crippen molar-refractivity contribution in [3.8, 4) is 17.2 Å². The number of hydrogen-bond acceptors (Lipinski definition) is 3. The van der Waals surface area contributed by atoms with Crippen LogP contribution in [0.5, 0.6) is 17.2 Å². The summed E-state index contributed by atoms with van der Waals surface area (Å²) in [7, 11) is 0. The maximum absolute atomic E-state index is 12.9. The smallest absolute Gasteiger partial charge is 0.127 e. The molecule has 1 aliphatic heterocycles. The predicted molar refractivity (Wildman–Crippen MR) is 123 cm³/mol. The SMILES string of the molecule is Fc1ccc(OCCCCN2CCC(c3ccc(Oc4ccccc4)cc3)CC2)cc1. The highest BCUT2D eigenvalue weighted by Gasteiger charge is 2.20. The lowest BCUT2D eigenvalue weighted by Crippen LogP contribution is -2.33. The van der Waals surface area contributed by atoms with Crippen LogP contribution in [0.15, 0.2) is 78.9 Å². The van der Waals surface area contributed by atoms with E-state index in [-0.39, 0.29) is 5.82 Å². The maximum atomic E-state index is 12.9. The number of hydrogen-bond donors (Lipinski definition) is 0. The summed E-state index contributed by atoms with van der Waals surface area (Å²) in [6, 6.07) is 24.7. The van der Waals surface area contributed by atoms with Crippen LogP contribution in [0, 0.1) is 5.82 Å². The van der Waals surface area contributed by atoms with Crippen molar-refractivity contribution in [2.45, 2.75) is 31.6 Å². The standard InChI is InChI=1S/C27H30FNO2/c28-24-10-14-25(15-11-24)30-21-5-4-18-29-19-16-23(17-20-29)22-8-12-27(13-9-22)31-26-6-2-1-3-7-26/h1-3,6-15,23H,4-5,16-21H2. The van der Waals surface area contributed by atoms with Gasteiger partial charge in [0.1, 0.15) is 23.1 Å². The average molecular weight is 420 g/mol. The molecule has 0 atom stereocenters. The highest BCUT2D eigenvalue weighted by Crippen LogP contribution is 2.30. The number of ether oxygens (including phenoxy) is 2. The summed E-state index contributed by atoms with van der Waals surface area (Å²) in [6.07, 6.45) is 4.54. The van der Waals surface area contributed by atoms with E-state index in [1.807, 2.05) is 30.3 Å². The lowest BCUT2D eigenvalue weighted by atomic mass is 9.89. The molecule has 0 radical (unpaired) electrons. The van der Waals surface area contributed by atoms with Crippen LogP contribution < -0.4 is 9.47 Å². The van der Waals surface area contributed by atoms with Crippen molar-refractivity contribution < 1.29 is 13.9 Å². The second-order valence-electron chi connectivity index (χ2n) is 8.11. The van der Waals surface area contributed by atoms with E-state index in [1.54, 1.807) is 12.1 Å². The molecule has 0 aromatic heterocycles. The van der Waals surface area contributed by atoms with E-state index in [9.17, 15) is 4.39 Å². The molecule has 1 aliphatic rings. The molecule has 0 N–H and O–H groups in total. The molecule has 31 heavy (non-hydrogen) atoms. The summed E-state index contributed by atoms with van der Waals surface area (Å²) < 4.78 is 24.5. The Labute approximate surface area is 184 Å².